The number of Topliss-reactive ketones (excluding diaryl/α,β-unsaturated/α-hetero) is 2. The molecule has 0 saturated carbocycles. The minimum atomic E-state index is -4.41. The lowest BCUT2D eigenvalue weighted by atomic mass is 10.0. The van der Waals surface area contributed by atoms with E-state index in [2.05, 4.69) is 35.2 Å². The number of fused-ring (bicyclic) bond motifs is 3. The van der Waals surface area contributed by atoms with Crippen LogP contribution in [0.1, 0.15) is 52.6 Å². The lowest BCUT2D eigenvalue weighted by molar-refractivity contribution is -0.137. The summed E-state index contributed by atoms with van der Waals surface area (Å²) in [5.74, 6) is -0.285. The number of amides is 1. The number of aryl methyl sites for hydroxylation is 1. The van der Waals surface area contributed by atoms with Gasteiger partial charge in [0.1, 0.15) is 5.52 Å². The van der Waals surface area contributed by atoms with Gasteiger partial charge in [-0.15, -0.1) is 11.3 Å². The highest BCUT2D eigenvalue weighted by atomic mass is 32.1. The van der Waals surface area contributed by atoms with Gasteiger partial charge in [0.05, 0.1) is 43.7 Å². The van der Waals surface area contributed by atoms with Crippen LogP contribution in [-0.4, -0.2) is 47.4 Å². The molecule has 14 heteroatoms. The van der Waals surface area contributed by atoms with Gasteiger partial charge in [-0.3, -0.25) is 44.3 Å². The van der Waals surface area contributed by atoms with Crippen LogP contribution >= 0.6 is 11.3 Å². The van der Waals surface area contributed by atoms with Crippen molar-refractivity contribution in [3.05, 3.63) is 196 Å². The summed E-state index contributed by atoms with van der Waals surface area (Å²) in [6, 6.07) is 32.1. The zero-order chi connectivity index (χ0) is 42.8. The predicted molar refractivity (Wildman–Crippen MR) is 230 cm³/mol. The third kappa shape index (κ3) is 10.5. The highest BCUT2D eigenvalue weighted by Gasteiger charge is 2.30. The second-order valence-electron chi connectivity index (χ2n) is 13.5. The van der Waals surface area contributed by atoms with Gasteiger partial charge >= 0.3 is 6.18 Å². The maximum Gasteiger partial charge on any atom is 0.416 e. The largest absolute Gasteiger partial charge is 0.416 e. The zero-order valence-electron chi connectivity index (χ0n) is 32.4. The molecule has 4 heterocycles. The molecule has 1 N–H and O–H groups in total. The van der Waals surface area contributed by atoms with Crippen molar-refractivity contribution in [1.29, 1.82) is 0 Å². The lowest BCUT2D eigenvalue weighted by Crippen LogP contribution is -2.10. The number of benzene rings is 5. The number of hydrogen-bond acceptors (Lipinski definition) is 10. The van der Waals surface area contributed by atoms with E-state index in [4.69, 9.17) is 0 Å². The fourth-order valence-corrected chi connectivity index (χ4v) is 6.91. The van der Waals surface area contributed by atoms with Gasteiger partial charge in [0.2, 0.25) is 0 Å². The minimum Gasteiger partial charge on any atom is -0.319 e. The Morgan fingerprint density at radius 1 is 0.557 bits per heavy atom. The van der Waals surface area contributed by atoms with Gasteiger partial charge in [0.25, 0.3) is 5.91 Å². The second-order valence-corrected chi connectivity index (χ2v) is 14.4. The summed E-state index contributed by atoms with van der Waals surface area (Å²) in [6.45, 7) is 1.99. The number of alkyl halides is 3. The third-order valence-corrected chi connectivity index (χ3v) is 10.1. The Balaban J connectivity index is 0.000000139. The Labute approximate surface area is 351 Å². The number of carbonyl (C=O) groups is 3. The van der Waals surface area contributed by atoms with Gasteiger partial charge in [-0.2, -0.15) is 13.2 Å². The van der Waals surface area contributed by atoms with E-state index in [9.17, 15) is 27.6 Å². The van der Waals surface area contributed by atoms with Crippen molar-refractivity contribution in [2.45, 2.75) is 25.9 Å². The molecule has 0 bridgehead atoms. The van der Waals surface area contributed by atoms with E-state index in [1.54, 1.807) is 55.2 Å². The summed E-state index contributed by atoms with van der Waals surface area (Å²) < 4.78 is 37.6. The molecule has 0 aliphatic rings. The fraction of sp³-hybridized carbons (Fsp3) is 0.0851. The molecule has 0 fully saturated rings. The molecule has 10 nitrogen and oxygen atoms in total. The number of hydrogen-bond donors (Lipinski definition) is 1. The quantitative estimate of drug-likeness (QED) is 0.148. The molecule has 0 atom stereocenters. The van der Waals surface area contributed by atoms with Gasteiger partial charge in [0, 0.05) is 61.1 Å². The molecule has 0 spiro atoms. The number of aromatic nitrogens is 6. The fourth-order valence-electron chi connectivity index (χ4n) is 6.29. The third-order valence-electron chi connectivity index (χ3n) is 9.23. The van der Waals surface area contributed by atoms with E-state index in [0.717, 1.165) is 45.4 Å². The molecule has 9 rings (SSSR count). The standard InChI is InChI=1S/C17H11F3N2O.C17H14N2O.C13H9N3OS/c18-17(19,20)13-6-4-11(5-7-13)15(23)10-12-2-1-3-14-16(12)22-9-8-21-14;1-12-4-2-5-13(10-12)16(20)11-14-6-3-7-15-17(14)19-9-8-18-15;17-13(11-5-2-8-18-11)16-10-4-1-3-9-12(10)15-7-6-14-9/h1-9H,10H2;2-10H,11H2,1H3;1-8H,(H,16,17). The van der Waals surface area contributed by atoms with Crippen LogP contribution in [0.5, 0.6) is 0 Å². The molecular formula is C47H34F3N7O3S. The Morgan fingerprint density at radius 2 is 1.07 bits per heavy atom. The van der Waals surface area contributed by atoms with Gasteiger partial charge in [-0.25, -0.2) is 0 Å². The number of thiophene rings is 1. The van der Waals surface area contributed by atoms with Crippen LogP contribution in [0.25, 0.3) is 33.1 Å². The molecule has 0 saturated heterocycles. The van der Waals surface area contributed by atoms with Crippen LogP contribution in [0.3, 0.4) is 0 Å². The Morgan fingerprint density at radius 3 is 1.61 bits per heavy atom. The molecule has 9 aromatic rings. The van der Waals surface area contributed by atoms with E-state index in [1.165, 1.54) is 29.7 Å². The van der Waals surface area contributed by atoms with Crippen LogP contribution in [0, 0.1) is 6.92 Å². The van der Waals surface area contributed by atoms with Crippen molar-refractivity contribution in [2.75, 3.05) is 5.32 Å². The molecule has 61 heavy (non-hydrogen) atoms. The number of ketones is 2. The van der Waals surface area contributed by atoms with Crippen molar-refractivity contribution in [1.82, 2.24) is 29.9 Å². The summed E-state index contributed by atoms with van der Waals surface area (Å²) in [5, 5.41) is 4.73. The van der Waals surface area contributed by atoms with Crippen LogP contribution in [0.4, 0.5) is 18.9 Å². The SMILES string of the molecule is Cc1cccc(C(=O)Cc2cccc3nccnc23)c1.O=C(Cc1cccc2nccnc12)c1ccc(C(F)(F)F)cc1.O=C(Nc1cccc2nccnc12)c1cccs1. The van der Waals surface area contributed by atoms with Crippen molar-refractivity contribution in [2.24, 2.45) is 0 Å². The van der Waals surface area contributed by atoms with E-state index < -0.39 is 11.7 Å². The predicted octanol–water partition coefficient (Wildman–Crippen LogP) is 10.4. The molecule has 0 radical (unpaired) electrons. The number of carbonyl (C=O) groups excluding carboxylic acids is 3. The average molecular weight is 834 g/mol. The monoisotopic (exact) mass is 833 g/mol. The molecule has 0 aliphatic carbocycles. The van der Waals surface area contributed by atoms with Crippen LogP contribution in [0.15, 0.2) is 158 Å². The normalized spacial score (nSPS) is 11.0. The highest BCUT2D eigenvalue weighted by Crippen LogP contribution is 2.29. The number of halogens is 3. The first-order chi connectivity index (χ1) is 29.5. The van der Waals surface area contributed by atoms with Crippen LogP contribution in [0.2, 0.25) is 0 Å². The van der Waals surface area contributed by atoms with E-state index >= 15 is 0 Å². The molecule has 1 amide bonds. The molecule has 302 valence electrons. The minimum absolute atomic E-state index is 0.0569. The molecule has 0 unspecified atom stereocenters. The van der Waals surface area contributed by atoms with Crippen LogP contribution in [-0.2, 0) is 19.0 Å². The first-order valence-electron chi connectivity index (χ1n) is 18.8. The number of nitrogens with zero attached hydrogens (tertiary/aromatic N) is 6. The second kappa shape index (κ2) is 19.0. The first kappa shape index (κ1) is 41.6. The van der Waals surface area contributed by atoms with Gasteiger partial charge in [-0.05, 0) is 72.0 Å². The first-order valence-corrected chi connectivity index (χ1v) is 19.6. The summed E-state index contributed by atoms with van der Waals surface area (Å²) in [6.07, 6.45) is 5.65. The number of rotatable bonds is 8. The molecule has 4 aromatic heterocycles. The van der Waals surface area contributed by atoms with Gasteiger partial charge in [-0.1, -0.05) is 72.3 Å². The summed E-state index contributed by atoms with van der Waals surface area (Å²) in [7, 11) is 0. The van der Waals surface area contributed by atoms with Crippen molar-refractivity contribution in [3.8, 4) is 0 Å². The number of anilines is 1. The zero-order valence-corrected chi connectivity index (χ0v) is 33.2. The molecular weight excluding hydrogens is 800 g/mol. The Bertz CT molecular complexity index is 2960. The van der Waals surface area contributed by atoms with Gasteiger partial charge in [0.15, 0.2) is 11.6 Å². The van der Waals surface area contributed by atoms with E-state index in [0.29, 0.717) is 39.1 Å². The smallest absolute Gasteiger partial charge is 0.319 e. The maximum absolute atomic E-state index is 12.5. The highest BCUT2D eigenvalue weighted by molar-refractivity contribution is 7.12. The maximum atomic E-state index is 12.5. The summed E-state index contributed by atoms with van der Waals surface area (Å²) >= 11 is 1.41. The van der Waals surface area contributed by atoms with Crippen molar-refractivity contribution in [3.63, 3.8) is 0 Å². The summed E-state index contributed by atoms with van der Waals surface area (Å²) in [4.78, 5) is 62.7. The van der Waals surface area contributed by atoms with Crippen molar-refractivity contribution >= 4 is 67.6 Å². The van der Waals surface area contributed by atoms with Crippen LogP contribution < -0.4 is 5.32 Å². The van der Waals surface area contributed by atoms with E-state index in [1.807, 2.05) is 79.0 Å². The topological polar surface area (TPSA) is 141 Å². The summed E-state index contributed by atoms with van der Waals surface area (Å²) in [5.41, 5.74) is 7.97. The van der Waals surface area contributed by atoms with Crippen molar-refractivity contribution < 1.29 is 27.6 Å². The number of para-hydroxylation sites is 3. The number of nitrogens with one attached hydrogen (secondary N) is 1. The Hall–Kier alpha value is -7.58. The van der Waals surface area contributed by atoms with E-state index in [-0.39, 0.29) is 29.5 Å². The van der Waals surface area contributed by atoms with Gasteiger partial charge < -0.3 is 5.32 Å². The molecule has 0 aliphatic heterocycles. The Kier molecular flexibility index (Phi) is 12.9. The average Bonchev–Trinajstić information content (AvgIpc) is 3.83. The molecule has 5 aromatic carbocycles. The lowest BCUT2D eigenvalue weighted by Gasteiger charge is -2.08.